The lowest BCUT2D eigenvalue weighted by molar-refractivity contribution is 0.101. The maximum Gasteiger partial charge on any atom is 0.267 e. The van der Waals surface area contributed by atoms with Gasteiger partial charge in [-0.05, 0) is 28.5 Å². The lowest BCUT2D eigenvalue weighted by Crippen LogP contribution is -2.30. The Balaban J connectivity index is 2.82. The number of hydrogen-bond donors (Lipinski definition) is 1. The zero-order valence-electron chi connectivity index (χ0n) is 8.14. The maximum absolute atomic E-state index is 11.4. The Morgan fingerprint density at radius 2 is 2.29 bits per heavy atom. The van der Waals surface area contributed by atoms with E-state index >= 15 is 0 Å². The maximum atomic E-state index is 11.4. The van der Waals surface area contributed by atoms with Crippen LogP contribution in [0.25, 0.3) is 0 Å². The van der Waals surface area contributed by atoms with Crippen molar-refractivity contribution in [1.29, 1.82) is 0 Å². The third-order valence-electron chi connectivity index (χ3n) is 1.97. The minimum Gasteiger partial charge on any atom is -0.391 e. The van der Waals surface area contributed by atoms with Crippen molar-refractivity contribution < 1.29 is 5.11 Å². The fourth-order valence-corrected chi connectivity index (χ4v) is 1.33. The fraction of sp³-hybridized carbons (Fsp3) is 0.556. The summed E-state index contributed by atoms with van der Waals surface area (Å²) in [5.41, 5.74) is -0.170. The Hall–Kier alpha value is -0.430. The highest BCUT2D eigenvalue weighted by Crippen LogP contribution is 2.02. The molecule has 0 spiro atoms. The summed E-state index contributed by atoms with van der Waals surface area (Å²) in [6, 6.07) is 1.50. The molecule has 1 atom stereocenters. The van der Waals surface area contributed by atoms with Crippen LogP contribution in [-0.2, 0) is 6.54 Å². The molecule has 0 bridgehead atoms. The Morgan fingerprint density at radius 3 is 2.79 bits per heavy atom. The zero-order chi connectivity index (χ0) is 10.7. The van der Waals surface area contributed by atoms with Crippen molar-refractivity contribution in [3.05, 3.63) is 26.2 Å². The van der Waals surface area contributed by atoms with Crippen molar-refractivity contribution in [2.75, 3.05) is 0 Å². The predicted molar refractivity (Wildman–Crippen MR) is 62.1 cm³/mol. The molecular weight excluding hydrogens is 295 g/mol. The Morgan fingerprint density at radius 1 is 1.64 bits per heavy atom. The average Bonchev–Trinajstić information content (AvgIpc) is 2.09. The van der Waals surface area contributed by atoms with Crippen LogP contribution in [0.15, 0.2) is 17.1 Å². The second-order valence-electron chi connectivity index (χ2n) is 3.51. The monoisotopic (exact) mass is 308 g/mol. The number of halogens is 1. The van der Waals surface area contributed by atoms with Crippen molar-refractivity contribution in [1.82, 2.24) is 9.78 Å². The SMILES string of the molecule is CC(C)C(O)Cn1ncc(I)cc1=O. The van der Waals surface area contributed by atoms with Crippen molar-refractivity contribution in [2.45, 2.75) is 26.5 Å². The predicted octanol–water partition coefficient (Wildman–Crippen LogP) is 0.865. The quantitative estimate of drug-likeness (QED) is 0.843. The van der Waals surface area contributed by atoms with Crippen LogP contribution in [0.4, 0.5) is 0 Å². The van der Waals surface area contributed by atoms with Gasteiger partial charge >= 0.3 is 0 Å². The van der Waals surface area contributed by atoms with Gasteiger partial charge in [-0.2, -0.15) is 5.10 Å². The first-order valence-corrected chi connectivity index (χ1v) is 5.49. The molecule has 0 amide bonds. The number of aliphatic hydroxyl groups excluding tert-OH is 1. The molecular formula is C9H13IN2O2. The van der Waals surface area contributed by atoms with Crippen LogP contribution in [-0.4, -0.2) is 21.0 Å². The summed E-state index contributed by atoms with van der Waals surface area (Å²) in [4.78, 5) is 11.4. The molecule has 0 saturated carbocycles. The molecule has 0 aliphatic rings. The molecule has 0 aromatic carbocycles. The molecule has 0 aliphatic heterocycles. The van der Waals surface area contributed by atoms with Gasteiger partial charge in [0.15, 0.2) is 0 Å². The standard InChI is InChI=1S/C9H13IN2O2/c1-6(2)8(13)5-12-9(14)3-7(10)4-11-12/h3-4,6,8,13H,5H2,1-2H3. The highest BCUT2D eigenvalue weighted by Gasteiger charge is 2.11. The van der Waals surface area contributed by atoms with Crippen LogP contribution in [0.5, 0.6) is 0 Å². The van der Waals surface area contributed by atoms with Crippen molar-refractivity contribution in [3.8, 4) is 0 Å². The molecule has 78 valence electrons. The second-order valence-corrected chi connectivity index (χ2v) is 4.75. The molecule has 0 aliphatic carbocycles. The second kappa shape index (κ2) is 4.88. The highest BCUT2D eigenvalue weighted by molar-refractivity contribution is 14.1. The van der Waals surface area contributed by atoms with E-state index in [1.54, 1.807) is 6.20 Å². The van der Waals surface area contributed by atoms with E-state index in [4.69, 9.17) is 0 Å². The van der Waals surface area contributed by atoms with Gasteiger partial charge < -0.3 is 5.11 Å². The van der Waals surface area contributed by atoms with Gasteiger partial charge in [0.2, 0.25) is 0 Å². The number of nitrogens with zero attached hydrogens (tertiary/aromatic N) is 2. The van der Waals surface area contributed by atoms with Gasteiger partial charge in [0.1, 0.15) is 0 Å². The highest BCUT2D eigenvalue weighted by atomic mass is 127. The number of aromatic nitrogens is 2. The van der Waals surface area contributed by atoms with E-state index in [1.165, 1.54) is 10.7 Å². The van der Waals surface area contributed by atoms with Crippen molar-refractivity contribution in [3.63, 3.8) is 0 Å². The van der Waals surface area contributed by atoms with E-state index < -0.39 is 6.10 Å². The molecule has 0 saturated heterocycles. The van der Waals surface area contributed by atoms with E-state index in [-0.39, 0.29) is 18.0 Å². The fourth-order valence-electron chi connectivity index (χ4n) is 0.937. The summed E-state index contributed by atoms with van der Waals surface area (Å²) in [6.45, 7) is 4.07. The third-order valence-corrected chi connectivity index (χ3v) is 2.56. The summed E-state index contributed by atoms with van der Waals surface area (Å²) < 4.78 is 2.09. The molecule has 5 heteroatoms. The van der Waals surface area contributed by atoms with Gasteiger partial charge in [-0.1, -0.05) is 13.8 Å². The minimum absolute atomic E-state index is 0.128. The molecule has 4 nitrogen and oxygen atoms in total. The first-order valence-electron chi connectivity index (χ1n) is 4.41. The molecule has 1 rings (SSSR count). The summed E-state index contributed by atoms with van der Waals surface area (Å²) in [7, 11) is 0. The van der Waals surface area contributed by atoms with Crippen LogP contribution < -0.4 is 5.56 Å². The molecule has 14 heavy (non-hydrogen) atoms. The lowest BCUT2D eigenvalue weighted by atomic mass is 10.1. The van der Waals surface area contributed by atoms with Gasteiger partial charge in [-0.3, -0.25) is 4.79 Å². The van der Waals surface area contributed by atoms with Crippen molar-refractivity contribution in [2.24, 2.45) is 5.92 Å². The summed E-state index contributed by atoms with van der Waals surface area (Å²) in [5.74, 6) is 0.128. The summed E-state index contributed by atoms with van der Waals surface area (Å²) in [6.07, 6.45) is 1.08. The van der Waals surface area contributed by atoms with Crippen LogP contribution in [0.2, 0.25) is 0 Å². The molecule has 1 aromatic heterocycles. The number of hydrogen-bond acceptors (Lipinski definition) is 3. The molecule has 1 aromatic rings. The third kappa shape index (κ3) is 3.06. The van der Waals surface area contributed by atoms with Crippen LogP contribution in [0, 0.1) is 9.49 Å². The van der Waals surface area contributed by atoms with Crippen molar-refractivity contribution >= 4 is 22.6 Å². The molecule has 0 fully saturated rings. The summed E-state index contributed by atoms with van der Waals surface area (Å²) >= 11 is 2.03. The minimum atomic E-state index is -0.528. The molecule has 1 unspecified atom stereocenters. The summed E-state index contributed by atoms with van der Waals surface area (Å²) in [5, 5.41) is 13.5. The lowest BCUT2D eigenvalue weighted by Gasteiger charge is -2.14. The van der Waals surface area contributed by atoms with E-state index in [2.05, 4.69) is 5.10 Å². The van der Waals surface area contributed by atoms with Gasteiger partial charge in [0, 0.05) is 9.64 Å². The van der Waals surface area contributed by atoms with E-state index in [1.807, 2.05) is 36.4 Å². The van der Waals surface area contributed by atoms with Gasteiger partial charge in [-0.15, -0.1) is 0 Å². The van der Waals surface area contributed by atoms with Gasteiger partial charge in [0.05, 0.1) is 18.8 Å². The van der Waals surface area contributed by atoms with E-state index in [0.29, 0.717) is 0 Å². The van der Waals surface area contributed by atoms with E-state index in [0.717, 1.165) is 3.57 Å². The Kier molecular flexibility index (Phi) is 4.06. The van der Waals surface area contributed by atoms with Crippen LogP contribution in [0.3, 0.4) is 0 Å². The number of rotatable bonds is 3. The topological polar surface area (TPSA) is 55.1 Å². The average molecular weight is 308 g/mol. The molecule has 0 radical (unpaired) electrons. The Labute approximate surface area is 96.1 Å². The normalized spacial score (nSPS) is 13.2. The van der Waals surface area contributed by atoms with Gasteiger partial charge in [-0.25, -0.2) is 4.68 Å². The first-order chi connectivity index (χ1) is 6.50. The van der Waals surface area contributed by atoms with Gasteiger partial charge in [0.25, 0.3) is 5.56 Å². The molecule has 1 N–H and O–H groups in total. The van der Waals surface area contributed by atoms with Crippen LogP contribution >= 0.6 is 22.6 Å². The van der Waals surface area contributed by atoms with Crippen LogP contribution in [0.1, 0.15) is 13.8 Å². The van der Waals surface area contributed by atoms with E-state index in [9.17, 15) is 9.90 Å². The largest absolute Gasteiger partial charge is 0.391 e. The molecule has 1 heterocycles. The Bertz CT molecular complexity index is 362. The zero-order valence-corrected chi connectivity index (χ0v) is 10.3. The smallest absolute Gasteiger partial charge is 0.267 e. The number of aliphatic hydroxyl groups is 1. The first kappa shape index (κ1) is 11.6.